The molecule has 4 N–H and O–H groups in total. The van der Waals surface area contributed by atoms with Crippen LogP contribution in [0.2, 0.25) is 0 Å². The second kappa shape index (κ2) is 8.55. The molecule has 5 nitrogen and oxygen atoms in total. The van der Waals surface area contributed by atoms with Crippen molar-refractivity contribution < 1.29 is 5.21 Å². The predicted octanol–water partition coefficient (Wildman–Crippen LogP) is 1.60. The van der Waals surface area contributed by atoms with Crippen molar-refractivity contribution in [2.24, 2.45) is 10.9 Å². The third kappa shape index (κ3) is 5.59. The van der Waals surface area contributed by atoms with E-state index >= 15 is 0 Å². The largest absolute Gasteiger partial charge is 0.409 e. The molecular weight excluding hydrogens is 252 g/mol. The maximum absolute atomic E-state index is 8.66. The first-order valence-electron chi connectivity index (χ1n) is 7.02. The molecule has 112 valence electrons. The number of nitrogens with one attached hydrogen (secondary N) is 1. The van der Waals surface area contributed by atoms with Gasteiger partial charge in [-0.05, 0) is 52.0 Å². The molecule has 0 spiro atoms. The fourth-order valence-corrected chi connectivity index (χ4v) is 1.84. The van der Waals surface area contributed by atoms with Crippen LogP contribution in [0.5, 0.6) is 0 Å². The van der Waals surface area contributed by atoms with Crippen LogP contribution >= 0.6 is 0 Å². The Morgan fingerprint density at radius 2 is 2.20 bits per heavy atom. The smallest absolute Gasteiger partial charge is 0.170 e. The highest BCUT2D eigenvalue weighted by atomic mass is 16.4. The van der Waals surface area contributed by atoms with Crippen molar-refractivity contribution in [3.63, 3.8) is 0 Å². The summed E-state index contributed by atoms with van der Waals surface area (Å²) in [5.74, 6) is 0.144. The summed E-state index contributed by atoms with van der Waals surface area (Å²) in [5, 5.41) is 15.1. The van der Waals surface area contributed by atoms with E-state index in [0.29, 0.717) is 6.04 Å². The summed E-state index contributed by atoms with van der Waals surface area (Å²) < 4.78 is 0. The highest BCUT2D eigenvalue weighted by molar-refractivity contribution is 5.97. The van der Waals surface area contributed by atoms with Crippen LogP contribution in [0.4, 0.5) is 0 Å². The van der Waals surface area contributed by atoms with Gasteiger partial charge >= 0.3 is 0 Å². The van der Waals surface area contributed by atoms with Crippen LogP contribution in [-0.4, -0.2) is 42.1 Å². The second-order valence-electron chi connectivity index (χ2n) is 5.29. The lowest BCUT2D eigenvalue weighted by molar-refractivity contribution is 0.269. The first-order chi connectivity index (χ1) is 9.54. The number of hydrogen-bond donors (Lipinski definition) is 3. The molecule has 1 aromatic rings. The summed E-state index contributed by atoms with van der Waals surface area (Å²) in [4.78, 5) is 2.33. The number of nitrogens with two attached hydrogens (primary N) is 1. The van der Waals surface area contributed by atoms with Gasteiger partial charge in [-0.25, -0.2) is 0 Å². The number of rotatable bonds is 8. The molecule has 0 bridgehead atoms. The first-order valence-corrected chi connectivity index (χ1v) is 7.02. The van der Waals surface area contributed by atoms with E-state index in [1.165, 1.54) is 0 Å². The standard InChI is InChI=1S/C15H26N4O/c1-12(2)19(3)9-5-8-17-11-13-6-4-7-14(10-13)15(16)18-20/h4,6-7,10,12,17,20H,5,8-9,11H2,1-3H3,(H2,16,18). The minimum Gasteiger partial charge on any atom is -0.409 e. The van der Waals surface area contributed by atoms with Crippen molar-refractivity contribution >= 4 is 5.84 Å². The number of benzene rings is 1. The van der Waals surface area contributed by atoms with Crippen molar-refractivity contribution in [2.75, 3.05) is 20.1 Å². The van der Waals surface area contributed by atoms with Gasteiger partial charge in [-0.2, -0.15) is 0 Å². The molecule has 0 amide bonds. The van der Waals surface area contributed by atoms with Crippen molar-refractivity contribution in [3.05, 3.63) is 35.4 Å². The van der Waals surface area contributed by atoms with Crippen LogP contribution < -0.4 is 11.1 Å². The fraction of sp³-hybridized carbons (Fsp3) is 0.533. The number of amidine groups is 1. The molecule has 0 aliphatic heterocycles. The highest BCUT2D eigenvalue weighted by Crippen LogP contribution is 2.05. The molecule has 20 heavy (non-hydrogen) atoms. The zero-order chi connectivity index (χ0) is 15.0. The van der Waals surface area contributed by atoms with Crippen LogP contribution in [0.25, 0.3) is 0 Å². The van der Waals surface area contributed by atoms with Crippen LogP contribution in [0.1, 0.15) is 31.4 Å². The topological polar surface area (TPSA) is 73.9 Å². The Labute approximate surface area is 121 Å². The third-order valence-electron chi connectivity index (χ3n) is 3.41. The SMILES string of the molecule is CC(C)N(C)CCCNCc1cccc(/C(N)=N/O)c1. The second-order valence-corrected chi connectivity index (χ2v) is 5.29. The molecule has 1 rings (SSSR count). The average Bonchev–Trinajstić information content (AvgIpc) is 2.46. The summed E-state index contributed by atoms with van der Waals surface area (Å²) in [6.07, 6.45) is 1.12. The lowest BCUT2D eigenvalue weighted by Crippen LogP contribution is -2.29. The van der Waals surface area contributed by atoms with Gasteiger partial charge in [-0.1, -0.05) is 23.4 Å². The summed E-state index contributed by atoms with van der Waals surface area (Å²) in [6, 6.07) is 8.30. The first kappa shape index (κ1) is 16.5. The van der Waals surface area contributed by atoms with Gasteiger partial charge in [0.05, 0.1) is 0 Å². The Kier molecular flexibility index (Phi) is 7.04. The van der Waals surface area contributed by atoms with Crippen molar-refractivity contribution in [1.82, 2.24) is 10.2 Å². The van der Waals surface area contributed by atoms with E-state index in [9.17, 15) is 0 Å². The molecule has 0 unspecified atom stereocenters. The van der Waals surface area contributed by atoms with Gasteiger partial charge in [0.15, 0.2) is 5.84 Å². The molecule has 0 saturated heterocycles. The van der Waals surface area contributed by atoms with Gasteiger partial charge in [-0.15, -0.1) is 0 Å². The third-order valence-corrected chi connectivity index (χ3v) is 3.41. The summed E-state index contributed by atoms with van der Waals surface area (Å²) in [5.41, 5.74) is 7.45. The van der Waals surface area contributed by atoms with E-state index in [2.05, 4.69) is 36.3 Å². The minimum atomic E-state index is 0.144. The minimum absolute atomic E-state index is 0.144. The Morgan fingerprint density at radius 3 is 2.85 bits per heavy atom. The quantitative estimate of drug-likeness (QED) is 0.222. The van der Waals surface area contributed by atoms with Gasteiger partial charge in [0.25, 0.3) is 0 Å². The van der Waals surface area contributed by atoms with Gasteiger partial charge in [-0.3, -0.25) is 0 Å². The van der Waals surface area contributed by atoms with Gasteiger partial charge in [0.2, 0.25) is 0 Å². The Balaban J connectivity index is 2.32. The van der Waals surface area contributed by atoms with Crippen molar-refractivity contribution in [3.8, 4) is 0 Å². The van der Waals surface area contributed by atoms with E-state index in [0.717, 1.165) is 37.2 Å². The van der Waals surface area contributed by atoms with Gasteiger partial charge in [0, 0.05) is 18.2 Å². The molecule has 0 radical (unpaired) electrons. The maximum atomic E-state index is 8.66. The van der Waals surface area contributed by atoms with Crippen molar-refractivity contribution in [1.29, 1.82) is 0 Å². The predicted molar refractivity (Wildman–Crippen MR) is 83.0 cm³/mol. The molecule has 0 aliphatic carbocycles. The normalized spacial score (nSPS) is 12.3. The monoisotopic (exact) mass is 278 g/mol. The van der Waals surface area contributed by atoms with E-state index in [1.807, 2.05) is 24.3 Å². The molecule has 5 heteroatoms. The van der Waals surface area contributed by atoms with Crippen LogP contribution in [0, 0.1) is 0 Å². The number of nitrogens with zero attached hydrogens (tertiary/aromatic N) is 2. The summed E-state index contributed by atoms with van der Waals surface area (Å²) in [6.45, 7) is 7.26. The van der Waals surface area contributed by atoms with E-state index in [1.54, 1.807) is 0 Å². The Morgan fingerprint density at radius 1 is 1.45 bits per heavy atom. The molecule has 0 aromatic heterocycles. The zero-order valence-corrected chi connectivity index (χ0v) is 12.6. The van der Waals surface area contributed by atoms with E-state index in [-0.39, 0.29) is 5.84 Å². The fourth-order valence-electron chi connectivity index (χ4n) is 1.84. The molecule has 1 aromatic carbocycles. The lowest BCUT2D eigenvalue weighted by Gasteiger charge is -2.20. The Bertz CT molecular complexity index is 432. The van der Waals surface area contributed by atoms with Gasteiger partial charge < -0.3 is 21.2 Å². The summed E-state index contributed by atoms with van der Waals surface area (Å²) in [7, 11) is 2.14. The van der Waals surface area contributed by atoms with Crippen LogP contribution in [0.3, 0.4) is 0 Å². The molecule has 0 saturated carbocycles. The average molecular weight is 278 g/mol. The molecule has 0 heterocycles. The maximum Gasteiger partial charge on any atom is 0.170 e. The van der Waals surface area contributed by atoms with Crippen molar-refractivity contribution in [2.45, 2.75) is 32.9 Å². The molecular formula is C15H26N4O. The molecule has 0 fully saturated rings. The number of hydrogen-bond acceptors (Lipinski definition) is 4. The van der Waals surface area contributed by atoms with Crippen LogP contribution in [-0.2, 0) is 6.54 Å². The Hall–Kier alpha value is -1.59. The molecule has 0 atom stereocenters. The van der Waals surface area contributed by atoms with Gasteiger partial charge in [0.1, 0.15) is 0 Å². The zero-order valence-electron chi connectivity index (χ0n) is 12.6. The molecule has 0 aliphatic rings. The van der Waals surface area contributed by atoms with E-state index < -0.39 is 0 Å². The highest BCUT2D eigenvalue weighted by Gasteiger charge is 2.02. The lowest BCUT2D eigenvalue weighted by atomic mass is 10.1. The van der Waals surface area contributed by atoms with E-state index in [4.69, 9.17) is 10.9 Å². The number of oxime groups is 1. The summed E-state index contributed by atoms with van der Waals surface area (Å²) >= 11 is 0. The van der Waals surface area contributed by atoms with Crippen LogP contribution in [0.15, 0.2) is 29.4 Å².